The molecule has 298 valence electrons. The van der Waals surface area contributed by atoms with Gasteiger partial charge in [0.2, 0.25) is 11.8 Å². The van der Waals surface area contributed by atoms with E-state index in [0.717, 1.165) is 31.6 Å². The molecule has 0 aliphatic rings. The third kappa shape index (κ3) is 43.1. The number of unbranched alkanes of at least 4 members (excludes halogenated alkanes) is 34. The molecule has 0 radical (unpaired) electrons. The van der Waals surface area contributed by atoms with Crippen LogP contribution in [0, 0.1) is 5.92 Å². The van der Waals surface area contributed by atoms with Gasteiger partial charge in [-0.3, -0.25) is 9.59 Å². The maximum Gasteiger partial charge on any atom is 0.217 e. The summed E-state index contributed by atoms with van der Waals surface area (Å²) in [5.74, 6) is 0.703. The Labute approximate surface area is 314 Å². The van der Waals surface area contributed by atoms with Crippen LogP contribution in [0.5, 0.6) is 0 Å². The lowest BCUT2D eigenvalue weighted by Crippen LogP contribution is -2.09. The van der Waals surface area contributed by atoms with Gasteiger partial charge in [0.25, 0.3) is 0 Å². The molecule has 0 aromatic rings. The van der Waals surface area contributed by atoms with E-state index in [1.54, 1.807) is 0 Å². The summed E-state index contributed by atoms with van der Waals surface area (Å²) in [5.41, 5.74) is 10.4. The SMILES string of the molecule is CCCCCC(CCCCCCCCCCCCCCCCCCCC(N)=O)CCCCCCCCCCCCCCCCCCCC(N)=O. The third-order valence-corrected chi connectivity index (χ3v) is 11.3. The Morgan fingerprint density at radius 1 is 0.300 bits per heavy atom. The molecule has 0 aromatic heterocycles. The monoisotopic (exact) mass is 705 g/mol. The van der Waals surface area contributed by atoms with Gasteiger partial charge in [0, 0.05) is 12.8 Å². The molecule has 0 aliphatic carbocycles. The van der Waals surface area contributed by atoms with Crippen molar-refractivity contribution in [1.82, 2.24) is 0 Å². The van der Waals surface area contributed by atoms with Crippen molar-refractivity contribution in [3.05, 3.63) is 0 Å². The van der Waals surface area contributed by atoms with E-state index in [-0.39, 0.29) is 11.8 Å². The van der Waals surface area contributed by atoms with Gasteiger partial charge in [-0.25, -0.2) is 0 Å². The molecule has 0 unspecified atom stereocenters. The van der Waals surface area contributed by atoms with Gasteiger partial charge in [0.1, 0.15) is 0 Å². The van der Waals surface area contributed by atoms with Crippen LogP contribution < -0.4 is 11.5 Å². The van der Waals surface area contributed by atoms with E-state index in [2.05, 4.69) is 6.92 Å². The maximum atomic E-state index is 10.8. The molecule has 0 atom stereocenters. The summed E-state index contributed by atoms with van der Waals surface area (Å²) in [5, 5.41) is 0. The van der Waals surface area contributed by atoms with Crippen molar-refractivity contribution in [2.24, 2.45) is 17.4 Å². The number of amides is 2. The van der Waals surface area contributed by atoms with Crippen molar-refractivity contribution in [1.29, 1.82) is 0 Å². The average molecular weight is 705 g/mol. The molecule has 0 saturated carbocycles. The fourth-order valence-corrected chi connectivity index (χ4v) is 7.88. The molecule has 2 amide bonds. The summed E-state index contributed by atoms with van der Waals surface area (Å²) in [7, 11) is 0. The largest absolute Gasteiger partial charge is 0.370 e. The summed E-state index contributed by atoms with van der Waals surface area (Å²) >= 11 is 0. The van der Waals surface area contributed by atoms with Gasteiger partial charge in [0.05, 0.1) is 0 Å². The predicted molar refractivity (Wildman–Crippen MR) is 221 cm³/mol. The van der Waals surface area contributed by atoms with Gasteiger partial charge in [-0.15, -0.1) is 0 Å². The number of carbonyl (C=O) groups is 2. The van der Waals surface area contributed by atoms with Crippen LogP contribution in [0.2, 0.25) is 0 Å². The first kappa shape index (κ1) is 48.9. The molecule has 0 saturated heterocycles. The highest BCUT2D eigenvalue weighted by molar-refractivity contribution is 5.73. The molecular formula is C46H92N2O2. The van der Waals surface area contributed by atoms with Crippen molar-refractivity contribution in [2.75, 3.05) is 0 Å². The van der Waals surface area contributed by atoms with Crippen LogP contribution in [0.4, 0.5) is 0 Å². The van der Waals surface area contributed by atoms with Crippen LogP contribution in [0.15, 0.2) is 0 Å². The van der Waals surface area contributed by atoms with Crippen molar-refractivity contribution < 1.29 is 9.59 Å². The van der Waals surface area contributed by atoms with E-state index >= 15 is 0 Å². The summed E-state index contributed by atoms with van der Waals surface area (Å²) in [4.78, 5) is 21.5. The van der Waals surface area contributed by atoms with E-state index in [0.29, 0.717) is 12.8 Å². The second kappa shape index (κ2) is 42.4. The van der Waals surface area contributed by atoms with Crippen molar-refractivity contribution in [3.63, 3.8) is 0 Å². The molecule has 0 rings (SSSR count). The maximum absolute atomic E-state index is 10.8. The minimum absolute atomic E-state index is 0.150. The highest BCUT2D eigenvalue weighted by Gasteiger charge is 2.09. The Morgan fingerprint density at radius 2 is 0.480 bits per heavy atom. The van der Waals surface area contributed by atoms with Crippen LogP contribution in [-0.4, -0.2) is 11.8 Å². The number of nitrogens with two attached hydrogens (primary N) is 2. The molecule has 0 heterocycles. The summed E-state index contributed by atoms with van der Waals surface area (Å²) in [6, 6.07) is 0. The fraction of sp³-hybridized carbons (Fsp3) is 0.957. The lowest BCUT2D eigenvalue weighted by atomic mass is 9.89. The van der Waals surface area contributed by atoms with Crippen LogP contribution in [0.25, 0.3) is 0 Å². The van der Waals surface area contributed by atoms with Gasteiger partial charge < -0.3 is 11.5 Å². The number of rotatable bonds is 44. The van der Waals surface area contributed by atoms with E-state index in [9.17, 15) is 9.59 Å². The zero-order chi connectivity index (χ0) is 36.4. The number of hydrogen-bond donors (Lipinski definition) is 2. The van der Waals surface area contributed by atoms with Crippen molar-refractivity contribution in [3.8, 4) is 0 Å². The zero-order valence-electron chi connectivity index (χ0n) is 34.2. The van der Waals surface area contributed by atoms with Crippen LogP contribution in [0.3, 0.4) is 0 Å². The molecule has 0 fully saturated rings. The zero-order valence-corrected chi connectivity index (χ0v) is 34.2. The fourth-order valence-electron chi connectivity index (χ4n) is 7.88. The highest BCUT2D eigenvalue weighted by atomic mass is 16.1. The number of primary amides is 2. The topological polar surface area (TPSA) is 86.2 Å². The second-order valence-corrected chi connectivity index (χ2v) is 16.4. The van der Waals surface area contributed by atoms with Gasteiger partial charge in [-0.05, 0) is 18.8 Å². The van der Waals surface area contributed by atoms with Crippen molar-refractivity contribution >= 4 is 11.8 Å². The minimum atomic E-state index is -0.150. The lowest BCUT2D eigenvalue weighted by Gasteiger charge is -2.17. The molecule has 4 heteroatoms. The molecular weight excluding hydrogens is 613 g/mol. The standard InChI is InChI=1S/C46H92N2O2/c1-2-3-34-39-44(40-35-30-26-22-18-14-10-6-4-8-12-16-20-24-28-32-37-42-45(47)49)41-36-31-27-23-19-15-11-7-5-9-13-17-21-25-29-33-38-43-46(48)50/h44H,2-43H2,1H3,(H2,47,49)(H2,48,50). The first-order chi connectivity index (χ1) is 24.6. The lowest BCUT2D eigenvalue weighted by molar-refractivity contribution is -0.119. The predicted octanol–water partition coefficient (Wildman–Crippen LogP) is 15.0. The smallest absolute Gasteiger partial charge is 0.217 e. The molecule has 0 bridgehead atoms. The van der Waals surface area contributed by atoms with E-state index in [4.69, 9.17) is 11.5 Å². The van der Waals surface area contributed by atoms with Gasteiger partial charge in [0.15, 0.2) is 0 Å². The van der Waals surface area contributed by atoms with Gasteiger partial charge in [-0.2, -0.15) is 0 Å². The van der Waals surface area contributed by atoms with Crippen LogP contribution in [0.1, 0.15) is 277 Å². The second-order valence-electron chi connectivity index (χ2n) is 16.4. The molecule has 4 N–H and O–H groups in total. The Kier molecular flexibility index (Phi) is 41.5. The molecule has 50 heavy (non-hydrogen) atoms. The Bertz CT molecular complexity index is 629. The van der Waals surface area contributed by atoms with Gasteiger partial charge in [-0.1, -0.05) is 251 Å². The Hall–Kier alpha value is -1.06. The van der Waals surface area contributed by atoms with Gasteiger partial charge >= 0.3 is 0 Å². The molecule has 0 aromatic carbocycles. The Balaban J connectivity index is 3.50. The van der Waals surface area contributed by atoms with E-state index < -0.39 is 0 Å². The number of carbonyl (C=O) groups excluding carboxylic acids is 2. The van der Waals surface area contributed by atoms with E-state index in [1.807, 2.05) is 0 Å². The first-order valence-corrected chi connectivity index (χ1v) is 23.1. The quantitative estimate of drug-likeness (QED) is 0.0619. The summed E-state index contributed by atoms with van der Waals surface area (Å²) in [6.07, 6.45) is 56.7. The third-order valence-electron chi connectivity index (χ3n) is 11.3. The highest BCUT2D eigenvalue weighted by Crippen LogP contribution is 2.25. The molecule has 4 nitrogen and oxygen atoms in total. The Morgan fingerprint density at radius 3 is 0.680 bits per heavy atom. The van der Waals surface area contributed by atoms with Crippen LogP contribution >= 0.6 is 0 Å². The first-order valence-electron chi connectivity index (χ1n) is 23.1. The van der Waals surface area contributed by atoms with Crippen molar-refractivity contribution in [2.45, 2.75) is 277 Å². The summed E-state index contributed by atoms with van der Waals surface area (Å²) < 4.78 is 0. The average Bonchev–Trinajstić information content (AvgIpc) is 3.09. The number of hydrogen-bond acceptors (Lipinski definition) is 2. The normalized spacial score (nSPS) is 11.6. The van der Waals surface area contributed by atoms with E-state index in [1.165, 1.54) is 231 Å². The summed E-state index contributed by atoms with van der Waals surface area (Å²) in [6.45, 7) is 2.35. The van der Waals surface area contributed by atoms with Crippen LogP contribution in [-0.2, 0) is 9.59 Å². The molecule has 0 aliphatic heterocycles. The molecule has 0 spiro atoms. The minimum Gasteiger partial charge on any atom is -0.370 e.